The monoisotopic (exact) mass is 353 g/mol. The van der Waals surface area contributed by atoms with Gasteiger partial charge in [-0.2, -0.15) is 0 Å². The first-order chi connectivity index (χ1) is 12.5. The summed E-state index contributed by atoms with van der Waals surface area (Å²) in [6.07, 6.45) is 3.84. The van der Waals surface area contributed by atoms with E-state index in [1.165, 1.54) is 6.07 Å². The van der Waals surface area contributed by atoms with E-state index < -0.39 is 5.92 Å². The van der Waals surface area contributed by atoms with Gasteiger partial charge in [0.05, 0.1) is 5.69 Å². The number of rotatable bonds is 6. The van der Waals surface area contributed by atoms with Gasteiger partial charge < -0.3 is 9.72 Å². The normalized spacial score (nSPS) is 12.5. The second kappa shape index (κ2) is 7.68. The molecule has 0 saturated carbocycles. The predicted molar refractivity (Wildman–Crippen MR) is 101 cm³/mol. The van der Waals surface area contributed by atoms with E-state index in [1.54, 1.807) is 24.4 Å². The van der Waals surface area contributed by atoms with Crippen LogP contribution in [-0.4, -0.2) is 21.8 Å². The van der Waals surface area contributed by atoms with Gasteiger partial charge in [-0.1, -0.05) is 32.0 Å². The standard InChI is InChI=1S/C21H24FN3O/c1-14(2)12-24-21(26)11-17(16-6-4-5-7-18(16)22)19-13-23-20-10-15(3)8-9-25(19)20/h4-10,13-14,17H,11-12H2,1-3H3,(H,24,26)/t17-/m1/s1. The van der Waals surface area contributed by atoms with Crippen LogP contribution in [0.25, 0.3) is 5.65 Å². The summed E-state index contributed by atoms with van der Waals surface area (Å²) in [5, 5.41) is 2.93. The fourth-order valence-corrected chi connectivity index (χ4v) is 3.07. The Kier molecular flexibility index (Phi) is 5.35. The summed E-state index contributed by atoms with van der Waals surface area (Å²) in [5.74, 6) is -0.434. The smallest absolute Gasteiger partial charge is 0.221 e. The molecular formula is C21H24FN3O. The first-order valence-corrected chi connectivity index (χ1v) is 8.90. The molecule has 0 aliphatic rings. The molecule has 0 unspecified atom stereocenters. The van der Waals surface area contributed by atoms with Crippen LogP contribution in [0.3, 0.4) is 0 Å². The Morgan fingerprint density at radius 2 is 2.04 bits per heavy atom. The van der Waals surface area contributed by atoms with Crippen molar-refractivity contribution in [2.24, 2.45) is 5.92 Å². The number of imidazole rings is 1. The molecule has 2 heterocycles. The Balaban J connectivity index is 2.00. The average Bonchev–Trinajstić information content (AvgIpc) is 3.01. The summed E-state index contributed by atoms with van der Waals surface area (Å²) in [4.78, 5) is 16.9. The maximum Gasteiger partial charge on any atom is 0.221 e. The van der Waals surface area contributed by atoms with Crippen molar-refractivity contribution in [3.8, 4) is 0 Å². The van der Waals surface area contributed by atoms with E-state index in [9.17, 15) is 9.18 Å². The number of aromatic nitrogens is 2. The SMILES string of the molecule is Cc1ccn2c([C@H](CC(=O)NCC(C)C)c3ccccc3F)cnc2c1. The van der Waals surface area contributed by atoms with E-state index in [1.807, 2.05) is 43.5 Å². The van der Waals surface area contributed by atoms with Crippen LogP contribution in [0.15, 0.2) is 48.8 Å². The van der Waals surface area contributed by atoms with Crippen LogP contribution < -0.4 is 5.32 Å². The Bertz CT molecular complexity index is 917. The van der Waals surface area contributed by atoms with Gasteiger partial charge in [-0.3, -0.25) is 4.79 Å². The summed E-state index contributed by atoms with van der Waals surface area (Å²) in [6, 6.07) is 10.6. The van der Waals surface area contributed by atoms with Crippen LogP contribution in [0.5, 0.6) is 0 Å². The average molecular weight is 353 g/mol. The number of hydrogen-bond acceptors (Lipinski definition) is 2. The second-order valence-corrected chi connectivity index (χ2v) is 7.09. The van der Waals surface area contributed by atoms with Crippen molar-refractivity contribution in [1.29, 1.82) is 0 Å². The molecule has 0 bridgehead atoms. The molecule has 136 valence electrons. The molecule has 1 amide bonds. The zero-order valence-corrected chi connectivity index (χ0v) is 15.4. The van der Waals surface area contributed by atoms with Gasteiger partial charge in [0.15, 0.2) is 0 Å². The second-order valence-electron chi connectivity index (χ2n) is 7.09. The van der Waals surface area contributed by atoms with Crippen LogP contribution in [-0.2, 0) is 4.79 Å². The van der Waals surface area contributed by atoms with Crippen LogP contribution >= 0.6 is 0 Å². The minimum Gasteiger partial charge on any atom is -0.356 e. The number of amides is 1. The van der Waals surface area contributed by atoms with Gasteiger partial charge in [0.25, 0.3) is 0 Å². The molecule has 0 aliphatic carbocycles. The van der Waals surface area contributed by atoms with Crippen molar-refractivity contribution in [3.63, 3.8) is 0 Å². The Morgan fingerprint density at radius 1 is 1.27 bits per heavy atom. The lowest BCUT2D eigenvalue weighted by atomic mass is 9.91. The van der Waals surface area contributed by atoms with Crippen LogP contribution in [0.1, 0.15) is 43.0 Å². The number of pyridine rings is 1. The Hall–Kier alpha value is -2.69. The van der Waals surface area contributed by atoms with Crippen molar-refractivity contribution in [2.75, 3.05) is 6.54 Å². The number of carbonyl (C=O) groups is 1. The fraction of sp³-hybridized carbons (Fsp3) is 0.333. The first kappa shape index (κ1) is 18.1. The fourth-order valence-electron chi connectivity index (χ4n) is 3.07. The molecule has 0 saturated heterocycles. The molecule has 3 aromatic rings. The zero-order valence-electron chi connectivity index (χ0n) is 15.4. The van der Waals surface area contributed by atoms with Crippen molar-refractivity contribution in [1.82, 2.24) is 14.7 Å². The van der Waals surface area contributed by atoms with E-state index in [0.717, 1.165) is 16.9 Å². The number of halogens is 1. The summed E-state index contributed by atoms with van der Waals surface area (Å²) in [5.41, 5.74) is 3.22. The maximum atomic E-state index is 14.5. The summed E-state index contributed by atoms with van der Waals surface area (Å²) in [6.45, 7) is 6.69. The molecule has 1 atom stereocenters. The molecule has 0 fully saturated rings. The van der Waals surface area contributed by atoms with Crippen molar-refractivity contribution in [2.45, 2.75) is 33.1 Å². The Labute approximate surface area is 153 Å². The molecular weight excluding hydrogens is 329 g/mol. The summed E-state index contributed by atoms with van der Waals surface area (Å²) < 4.78 is 16.4. The van der Waals surface area contributed by atoms with Gasteiger partial charge in [-0.05, 0) is 42.2 Å². The highest BCUT2D eigenvalue weighted by Crippen LogP contribution is 2.30. The number of nitrogens with one attached hydrogen (secondary N) is 1. The number of benzene rings is 1. The molecule has 0 radical (unpaired) electrons. The minimum absolute atomic E-state index is 0.0889. The molecule has 1 aromatic carbocycles. The molecule has 0 aliphatic heterocycles. The third-order valence-electron chi connectivity index (χ3n) is 4.43. The topological polar surface area (TPSA) is 46.4 Å². The van der Waals surface area contributed by atoms with Gasteiger partial charge in [0.1, 0.15) is 11.5 Å². The third-order valence-corrected chi connectivity index (χ3v) is 4.43. The van der Waals surface area contributed by atoms with Crippen molar-refractivity contribution in [3.05, 3.63) is 71.4 Å². The molecule has 1 N–H and O–H groups in total. The molecule has 4 nitrogen and oxygen atoms in total. The van der Waals surface area contributed by atoms with Gasteiger partial charge in [-0.15, -0.1) is 0 Å². The first-order valence-electron chi connectivity index (χ1n) is 8.90. The maximum absolute atomic E-state index is 14.5. The highest BCUT2D eigenvalue weighted by atomic mass is 19.1. The lowest BCUT2D eigenvalue weighted by molar-refractivity contribution is -0.121. The minimum atomic E-state index is -0.402. The van der Waals surface area contributed by atoms with Crippen molar-refractivity contribution < 1.29 is 9.18 Å². The molecule has 5 heteroatoms. The van der Waals surface area contributed by atoms with Crippen LogP contribution in [0, 0.1) is 18.7 Å². The lowest BCUT2D eigenvalue weighted by Gasteiger charge is -2.18. The van der Waals surface area contributed by atoms with Gasteiger partial charge in [-0.25, -0.2) is 9.37 Å². The number of fused-ring (bicyclic) bond motifs is 1. The van der Waals surface area contributed by atoms with E-state index in [0.29, 0.717) is 18.0 Å². The number of aryl methyl sites for hydroxylation is 1. The van der Waals surface area contributed by atoms with E-state index in [4.69, 9.17) is 0 Å². The number of carbonyl (C=O) groups excluding carboxylic acids is 1. The predicted octanol–water partition coefficient (Wildman–Crippen LogP) is 4.08. The van der Waals surface area contributed by atoms with Crippen LogP contribution in [0.4, 0.5) is 4.39 Å². The highest BCUT2D eigenvalue weighted by molar-refractivity contribution is 5.77. The number of hydrogen-bond donors (Lipinski definition) is 1. The van der Waals surface area contributed by atoms with Gasteiger partial charge in [0, 0.05) is 31.3 Å². The van der Waals surface area contributed by atoms with E-state index in [-0.39, 0.29) is 18.1 Å². The zero-order chi connectivity index (χ0) is 18.7. The van der Waals surface area contributed by atoms with E-state index >= 15 is 0 Å². The summed E-state index contributed by atoms with van der Waals surface area (Å²) in [7, 11) is 0. The number of nitrogens with zero attached hydrogens (tertiary/aromatic N) is 2. The third kappa shape index (κ3) is 3.93. The molecule has 3 rings (SSSR count). The largest absolute Gasteiger partial charge is 0.356 e. The van der Waals surface area contributed by atoms with Crippen LogP contribution in [0.2, 0.25) is 0 Å². The molecule has 2 aromatic heterocycles. The van der Waals surface area contributed by atoms with Gasteiger partial charge in [0.2, 0.25) is 5.91 Å². The van der Waals surface area contributed by atoms with Gasteiger partial charge >= 0.3 is 0 Å². The quantitative estimate of drug-likeness (QED) is 0.726. The van der Waals surface area contributed by atoms with E-state index in [2.05, 4.69) is 10.3 Å². The lowest BCUT2D eigenvalue weighted by Crippen LogP contribution is -2.29. The van der Waals surface area contributed by atoms with Crippen molar-refractivity contribution >= 4 is 11.6 Å². The molecule has 26 heavy (non-hydrogen) atoms. The Morgan fingerprint density at radius 3 is 2.77 bits per heavy atom. The highest BCUT2D eigenvalue weighted by Gasteiger charge is 2.24. The summed E-state index contributed by atoms with van der Waals surface area (Å²) >= 11 is 0. The molecule has 0 spiro atoms.